The molecule has 0 aliphatic heterocycles. The van der Waals surface area contributed by atoms with E-state index in [1.807, 2.05) is 19.2 Å². The Kier molecular flexibility index (Phi) is 7.72. The highest BCUT2D eigenvalue weighted by Gasteiger charge is 2.21. The van der Waals surface area contributed by atoms with E-state index in [1.54, 1.807) is 0 Å². The van der Waals surface area contributed by atoms with Gasteiger partial charge in [0.25, 0.3) is 0 Å². The SMILES string of the molecule is CNCCC(=O)NC(C)(C)Cc1ccccc1C.Cl. The summed E-state index contributed by atoms with van der Waals surface area (Å²) in [5, 5.41) is 6.07. The molecule has 1 aromatic rings. The smallest absolute Gasteiger partial charge is 0.221 e. The quantitative estimate of drug-likeness (QED) is 0.843. The molecule has 0 spiro atoms. The number of hydrogen-bond acceptors (Lipinski definition) is 2. The summed E-state index contributed by atoms with van der Waals surface area (Å²) in [5.74, 6) is 0.0999. The van der Waals surface area contributed by atoms with Gasteiger partial charge in [0.2, 0.25) is 5.91 Å². The highest BCUT2D eigenvalue weighted by molar-refractivity contribution is 5.85. The maximum atomic E-state index is 11.7. The zero-order valence-corrected chi connectivity index (χ0v) is 13.1. The average Bonchev–Trinajstić information content (AvgIpc) is 2.28. The van der Waals surface area contributed by atoms with Gasteiger partial charge in [-0.25, -0.2) is 0 Å². The molecule has 2 N–H and O–H groups in total. The summed E-state index contributed by atoms with van der Waals surface area (Å²) >= 11 is 0. The molecule has 0 heterocycles. The lowest BCUT2D eigenvalue weighted by Gasteiger charge is -2.27. The molecule has 0 aliphatic carbocycles. The molecule has 1 aromatic carbocycles. The molecule has 0 aromatic heterocycles. The number of hydrogen-bond donors (Lipinski definition) is 2. The normalized spacial score (nSPS) is 10.7. The van der Waals surface area contributed by atoms with E-state index < -0.39 is 0 Å². The molecule has 1 amide bonds. The Bertz CT molecular complexity index is 405. The average molecular weight is 285 g/mol. The van der Waals surface area contributed by atoms with Crippen molar-refractivity contribution < 1.29 is 4.79 Å². The van der Waals surface area contributed by atoms with Crippen LogP contribution in [-0.4, -0.2) is 25.0 Å². The van der Waals surface area contributed by atoms with Gasteiger partial charge >= 0.3 is 0 Å². The molecule has 0 bridgehead atoms. The van der Waals surface area contributed by atoms with E-state index in [1.165, 1.54) is 11.1 Å². The van der Waals surface area contributed by atoms with Crippen molar-refractivity contribution in [1.82, 2.24) is 10.6 Å². The molecule has 0 aliphatic rings. The maximum Gasteiger partial charge on any atom is 0.221 e. The first-order valence-electron chi connectivity index (χ1n) is 6.45. The van der Waals surface area contributed by atoms with Crippen molar-refractivity contribution in [2.45, 2.75) is 39.2 Å². The van der Waals surface area contributed by atoms with Crippen LogP contribution in [0.2, 0.25) is 0 Å². The van der Waals surface area contributed by atoms with Crippen molar-refractivity contribution in [1.29, 1.82) is 0 Å². The first kappa shape index (κ1) is 17.9. The van der Waals surface area contributed by atoms with Crippen molar-refractivity contribution in [3.05, 3.63) is 35.4 Å². The van der Waals surface area contributed by atoms with E-state index in [9.17, 15) is 4.79 Å². The predicted molar refractivity (Wildman–Crippen MR) is 82.9 cm³/mol. The number of rotatable bonds is 6. The lowest BCUT2D eigenvalue weighted by molar-refractivity contribution is -0.122. The van der Waals surface area contributed by atoms with Crippen LogP contribution >= 0.6 is 12.4 Å². The van der Waals surface area contributed by atoms with Gasteiger partial charge in [0.1, 0.15) is 0 Å². The molecule has 0 saturated carbocycles. The van der Waals surface area contributed by atoms with Gasteiger partial charge in [-0.1, -0.05) is 24.3 Å². The predicted octanol–water partition coefficient (Wildman–Crippen LogP) is 2.46. The molecule has 0 saturated heterocycles. The van der Waals surface area contributed by atoms with Gasteiger partial charge < -0.3 is 10.6 Å². The molecule has 0 atom stereocenters. The standard InChI is InChI=1S/C15H24N2O.ClH/c1-12-7-5-6-8-13(12)11-15(2,3)17-14(18)9-10-16-4;/h5-8,16H,9-11H2,1-4H3,(H,17,18);1H. The van der Waals surface area contributed by atoms with Crippen molar-refractivity contribution in [2.75, 3.05) is 13.6 Å². The van der Waals surface area contributed by atoms with Crippen LogP contribution in [0.1, 0.15) is 31.4 Å². The summed E-state index contributed by atoms with van der Waals surface area (Å²) in [6.07, 6.45) is 1.37. The molecule has 4 heteroatoms. The monoisotopic (exact) mass is 284 g/mol. The van der Waals surface area contributed by atoms with E-state index in [0.717, 1.165) is 6.42 Å². The number of amides is 1. The van der Waals surface area contributed by atoms with Gasteiger partial charge in [0.15, 0.2) is 0 Å². The van der Waals surface area contributed by atoms with Crippen molar-refractivity contribution in [2.24, 2.45) is 0 Å². The minimum atomic E-state index is -0.211. The number of carbonyl (C=O) groups is 1. The van der Waals surface area contributed by atoms with E-state index in [0.29, 0.717) is 13.0 Å². The third kappa shape index (κ3) is 6.60. The van der Waals surface area contributed by atoms with Gasteiger partial charge in [-0.15, -0.1) is 12.4 Å². The molecule has 0 fully saturated rings. The zero-order chi connectivity index (χ0) is 13.6. The highest BCUT2D eigenvalue weighted by atomic mass is 35.5. The van der Waals surface area contributed by atoms with Crippen LogP contribution in [-0.2, 0) is 11.2 Å². The van der Waals surface area contributed by atoms with E-state index in [-0.39, 0.29) is 23.9 Å². The number of aryl methyl sites for hydroxylation is 1. The van der Waals surface area contributed by atoms with Gasteiger partial charge in [0, 0.05) is 18.5 Å². The zero-order valence-electron chi connectivity index (χ0n) is 12.2. The van der Waals surface area contributed by atoms with Crippen LogP contribution in [0.25, 0.3) is 0 Å². The Labute approximate surface area is 122 Å². The Balaban J connectivity index is 0.00000324. The Hall–Kier alpha value is -1.06. The van der Waals surface area contributed by atoms with Crippen LogP contribution in [0.15, 0.2) is 24.3 Å². The molecule has 1 rings (SSSR count). The third-order valence-corrected chi connectivity index (χ3v) is 2.97. The number of carbonyl (C=O) groups excluding carboxylic acids is 1. The lowest BCUT2D eigenvalue weighted by atomic mass is 9.92. The number of benzene rings is 1. The molecular formula is C15H25ClN2O. The molecule has 108 valence electrons. The van der Waals surface area contributed by atoms with Crippen LogP contribution in [0.3, 0.4) is 0 Å². The largest absolute Gasteiger partial charge is 0.351 e. The second-order valence-corrected chi connectivity index (χ2v) is 5.39. The summed E-state index contributed by atoms with van der Waals surface area (Å²) in [6.45, 7) is 6.95. The number of halogens is 1. The van der Waals surface area contributed by atoms with E-state index >= 15 is 0 Å². The first-order chi connectivity index (χ1) is 8.44. The van der Waals surface area contributed by atoms with E-state index in [4.69, 9.17) is 0 Å². The Morgan fingerprint density at radius 1 is 1.26 bits per heavy atom. The lowest BCUT2D eigenvalue weighted by Crippen LogP contribution is -2.45. The van der Waals surface area contributed by atoms with E-state index in [2.05, 4.69) is 43.5 Å². The third-order valence-electron chi connectivity index (χ3n) is 2.97. The van der Waals surface area contributed by atoms with Crippen molar-refractivity contribution >= 4 is 18.3 Å². The summed E-state index contributed by atoms with van der Waals surface area (Å²) < 4.78 is 0. The van der Waals surface area contributed by atoms with Gasteiger partial charge in [0.05, 0.1) is 0 Å². The topological polar surface area (TPSA) is 41.1 Å². The Morgan fingerprint density at radius 2 is 1.89 bits per heavy atom. The van der Waals surface area contributed by atoms with Gasteiger partial charge in [-0.05, 0) is 45.4 Å². The first-order valence-corrected chi connectivity index (χ1v) is 6.45. The molecule has 3 nitrogen and oxygen atoms in total. The summed E-state index contributed by atoms with van der Waals surface area (Å²) in [7, 11) is 1.85. The highest BCUT2D eigenvalue weighted by Crippen LogP contribution is 2.16. The van der Waals surface area contributed by atoms with Crippen LogP contribution in [0.4, 0.5) is 0 Å². The summed E-state index contributed by atoms with van der Waals surface area (Å²) in [5.41, 5.74) is 2.35. The molecular weight excluding hydrogens is 260 g/mol. The van der Waals surface area contributed by atoms with Gasteiger partial charge in [-0.2, -0.15) is 0 Å². The minimum Gasteiger partial charge on any atom is -0.351 e. The van der Waals surface area contributed by atoms with Crippen LogP contribution in [0, 0.1) is 6.92 Å². The van der Waals surface area contributed by atoms with Crippen LogP contribution in [0.5, 0.6) is 0 Å². The fraction of sp³-hybridized carbons (Fsp3) is 0.533. The minimum absolute atomic E-state index is 0. The second-order valence-electron chi connectivity index (χ2n) is 5.39. The molecule has 0 unspecified atom stereocenters. The maximum absolute atomic E-state index is 11.7. The van der Waals surface area contributed by atoms with Crippen molar-refractivity contribution in [3.8, 4) is 0 Å². The Morgan fingerprint density at radius 3 is 2.47 bits per heavy atom. The van der Waals surface area contributed by atoms with Crippen molar-refractivity contribution in [3.63, 3.8) is 0 Å². The second kappa shape index (κ2) is 8.18. The number of nitrogens with one attached hydrogen (secondary N) is 2. The van der Waals surface area contributed by atoms with Crippen LogP contribution < -0.4 is 10.6 Å². The summed E-state index contributed by atoms with van der Waals surface area (Å²) in [4.78, 5) is 11.7. The fourth-order valence-electron chi connectivity index (χ4n) is 2.01. The summed E-state index contributed by atoms with van der Waals surface area (Å²) in [6, 6.07) is 8.31. The molecule has 0 radical (unpaired) electrons. The van der Waals surface area contributed by atoms with Gasteiger partial charge in [-0.3, -0.25) is 4.79 Å². The molecule has 19 heavy (non-hydrogen) atoms. The fourth-order valence-corrected chi connectivity index (χ4v) is 2.01.